The molecule has 0 saturated carbocycles. The van der Waals surface area contributed by atoms with Gasteiger partial charge in [0.25, 0.3) is 5.91 Å². The third kappa shape index (κ3) is 3.34. The molecule has 1 aliphatic heterocycles. The minimum atomic E-state index is 0.142. The van der Waals surface area contributed by atoms with Crippen LogP contribution in [0.25, 0.3) is 0 Å². The number of hydrogen-bond donors (Lipinski definition) is 0. The molecule has 5 rings (SSSR count). The highest BCUT2D eigenvalue weighted by Crippen LogP contribution is 2.47. The molecule has 1 unspecified atom stereocenters. The molecule has 0 N–H and O–H groups in total. The summed E-state index contributed by atoms with van der Waals surface area (Å²) in [7, 11) is 3.36. The van der Waals surface area contributed by atoms with Gasteiger partial charge in [0.05, 0.1) is 14.2 Å². The van der Waals surface area contributed by atoms with Crippen LogP contribution in [0.15, 0.2) is 54.1 Å². The van der Waals surface area contributed by atoms with Crippen LogP contribution < -0.4 is 9.47 Å². The molecular formula is C27H29NO3. The van der Waals surface area contributed by atoms with E-state index in [9.17, 15) is 4.79 Å². The fraction of sp³-hybridized carbons (Fsp3) is 0.370. The second-order valence-corrected chi connectivity index (χ2v) is 8.77. The Morgan fingerprint density at radius 2 is 1.84 bits per heavy atom. The standard InChI is InChI=1S/C27H29NO3/c1-17-9-11-20-22(13-17)26-21-15-25(31-3)24(30-2)14-19(21)10-12-23(26)28(27(20)29)16-18-7-5-4-6-8-18/h5,7-9,11,13-15,23,26H,4,6,10,12,16H2,1-3H3/t23-,26?/m1/s1. The van der Waals surface area contributed by atoms with Gasteiger partial charge in [0.15, 0.2) is 11.5 Å². The molecule has 0 aromatic heterocycles. The lowest BCUT2D eigenvalue weighted by molar-refractivity contribution is 0.0632. The summed E-state index contributed by atoms with van der Waals surface area (Å²) in [5, 5.41) is 0. The highest BCUT2D eigenvalue weighted by molar-refractivity contribution is 5.98. The molecule has 0 fully saturated rings. The third-order valence-electron chi connectivity index (χ3n) is 6.93. The molecule has 4 nitrogen and oxygen atoms in total. The van der Waals surface area contributed by atoms with E-state index in [1.807, 2.05) is 12.1 Å². The Bertz CT molecular complexity index is 1100. The van der Waals surface area contributed by atoms with E-state index in [0.29, 0.717) is 6.54 Å². The Balaban J connectivity index is 1.65. The van der Waals surface area contributed by atoms with Crippen LogP contribution in [0.3, 0.4) is 0 Å². The number of methoxy groups -OCH3 is 2. The largest absolute Gasteiger partial charge is 0.493 e. The number of amides is 1. The van der Waals surface area contributed by atoms with E-state index in [1.54, 1.807) is 14.2 Å². The van der Waals surface area contributed by atoms with E-state index in [-0.39, 0.29) is 17.9 Å². The van der Waals surface area contributed by atoms with E-state index >= 15 is 0 Å². The molecule has 2 aliphatic carbocycles. The Kier molecular flexibility index (Phi) is 5.09. The van der Waals surface area contributed by atoms with Crippen LogP contribution in [-0.2, 0) is 6.42 Å². The smallest absolute Gasteiger partial charge is 0.254 e. The van der Waals surface area contributed by atoms with Crippen molar-refractivity contribution in [1.82, 2.24) is 4.90 Å². The third-order valence-corrected chi connectivity index (χ3v) is 6.93. The first-order valence-corrected chi connectivity index (χ1v) is 11.1. The molecule has 4 heteroatoms. The summed E-state index contributed by atoms with van der Waals surface area (Å²) >= 11 is 0. The average Bonchev–Trinajstić information content (AvgIpc) is 2.80. The average molecular weight is 416 g/mol. The quantitative estimate of drug-likeness (QED) is 0.690. The summed E-state index contributed by atoms with van der Waals surface area (Å²) in [4.78, 5) is 15.7. The van der Waals surface area contributed by atoms with Crippen molar-refractivity contribution >= 4 is 5.91 Å². The van der Waals surface area contributed by atoms with Crippen molar-refractivity contribution in [2.75, 3.05) is 20.8 Å². The summed E-state index contributed by atoms with van der Waals surface area (Å²) in [6.07, 6.45) is 10.7. The Morgan fingerprint density at radius 1 is 1.03 bits per heavy atom. The zero-order chi connectivity index (χ0) is 21.5. The number of benzene rings is 2. The molecule has 2 atom stereocenters. The number of carbonyl (C=O) groups is 1. The molecule has 2 aromatic carbocycles. The maximum Gasteiger partial charge on any atom is 0.254 e. The molecule has 1 amide bonds. The molecule has 0 bridgehead atoms. The van der Waals surface area contributed by atoms with Crippen LogP contribution in [0.5, 0.6) is 11.5 Å². The lowest BCUT2D eigenvalue weighted by Gasteiger charge is -2.46. The fourth-order valence-corrected chi connectivity index (χ4v) is 5.44. The fourth-order valence-electron chi connectivity index (χ4n) is 5.44. The number of aryl methyl sites for hydroxylation is 2. The van der Waals surface area contributed by atoms with Gasteiger partial charge in [-0.15, -0.1) is 0 Å². The number of carbonyl (C=O) groups excluding carboxylic acids is 1. The zero-order valence-electron chi connectivity index (χ0n) is 18.5. The monoisotopic (exact) mass is 415 g/mol. The second kappa shape index (κ2) is 7.92. The van der Waals surface area contributed by atoms with Crippen molar-refractivity contribution in [2.45, 2.75) is 44.6 Å². The van der Waals surface area contributed by atoms with Crippen LogP contribution in [0.4, 0.5) is 0 Å². The van der Waals surface area contributed by atoms with Gasteiger partial charge in [-0.25, -0.2) is 0 Å². The first-order chi connectivity index (χ1) is 15.1. The number of nitrogens with zero attached hydrogens (tertiary/aromatic N) is 1. The minimum Gasteiger partial charge on any atom is -0.493 e. The summed E-state index contributed by atoms with van der Waals surface area (Å²) in [6, 6.07) is 10.7. The van der Waals surface area contributed by atoms with E-state index in [1.165, 1.54) is 22.3 Å². The molecule has 0 radical (unpaired) electrons. The predicted molar refractivity (Wildman–Crippen MR) is 122 cm³/mol. The number of ether oxygens (including phenoxy) is 2. The van der Waals surface area contributed by atoms with Crippen LogP contribution in [0.2, 0.25) is 0 Å². The number of rotatable bonds is 4. The minimum absolute atomic E-state index is 0.142. The van der Waals surface area contributed by atoms with Gasteiger partial charge in [-0.2, -0.15) is 0 Å². The summed E-state index contributed by atoms with van der Waals surface area (Å²) < 4.78 is 11.2. The van der Waals surface area contributed by atoms with Gasteiger partial charge >= 0.3 is 0 Å². The summed E-state index contributed by atoms with van der Waals surface area (Å²) in [6.45, 7) is 2.77. The molecule has 1 heterocycles. The predicted octanol–water partition coefficient (Wildman–Crippen LogP) is 5.19. The second-order valence-electron chi connectivity index (χ2n) is 8.77. The van der Waals surface area contributed by atoms with E-state index in [0.717, 1.165) is 48.3 Å². The van der Waals surface area contributed by atoms with Gasteiger partial charge in [0, 0.05) is 24.1 Å². The topological polar surface area (TPSA) is 38.8 Å². The van der Waals surface area contributed by atoms with Gasteiger partial charge in [0.1, 0.15) is 0 Å². The van der Waals surface area contributed by atoms with Crippen LogP contribution in [-0.4, -0.2) is 37.6 Å². The van der Waals surface area contributed by atoms with E-state index in [2.05, 4.69) is 48.3 Å². The van der Waals surface area contributed by atoms with E-state index < -0.39 is 0 Å². The van der Waals surface area contributed by atoms with Gasteiger partial charge in [-0.3, -0.25) is 4.79 Å². The SMILES string of the molecule is COc1cc2c(cc1OC)C1c3cc(C)ccc3C(=O)N(CC3=CCCC=C3)[C@@H]1CC2. The van der Waals surface area contributed by atoms with E-state index in [4.69, 9.17) is 9.47 Å². The van der Waals surface area contributed by atoms with Gasteiger partial charge in [-0.1, -0.05) is 35.9 Å². The summed E-state index contributed by atoms with van der Waals surface area (Å²) in [5.41, 5.74) is 6.95. The summed E-state index contributed by atoms with van der Waals surface area (Å²) in [5.74, 6) is 1.81. The maximum absolute atomic E-state index is 13.6. The normalized spacial score (nSPS) is 21.7. The van der Waals surface area contributed by atoms with Crippen molar-refractivity contribution in [1.29, 1.82) is 0 Å². The molecule has 2 aromatic rings. The first kappa shape index (κ1) is 19.9. The Labute approximate surface area is 184 Å². The van der Waals surface area contributed by atoms with Crippen molar-refractivity contribution in [3.8, 4) is 11.5 Å². The van der Waals surface area contributed by atoms with Crippen LogP contribution >= 0.6 is 0 Å². The number of hydrogen-bond acceptors (Lipinski definition) is 3. The molecule has 160 valence electrons. The number of fused-ring (bicyclic) bond motifs is 5. The van der Waals surface area contributed by atoms with Crippen LogP contribution in [0.1, 0.15) is 57.8 Å². The lowest BCUT2D eigenvalue weighted by Crippen LogP contribution is -2.50. The van der Waals surface area contributed by atoms with Crippen molar-refractivity contribution in [3.63, 3.8) is 0 Å². The molecule has 3 aliphatic rings. The van der Waals surface area contributed by atoms with Crippen molar-refractivity contribution < 1.29 is 14.3 Å². The first-order valence-electron chi connectivity index (χ1n) is 11.1. The lowest BCUT2D eigenvalue weighted by atomic mass is 9.71. The van der Waals surface area contributed by atoms with Crippen molar-refractivity contribution in [3.05, 3.63) is 82.0 Å². The van der Waals surface area contributed by atoms with Crippen LogP contribution in [0, 0.1) is 6.92 Å². The van der Waals surface area contributed by atoms with Gasteiger partial charge in [-0.05, 0) is 73.1 Å². The highest BCUT2D eigenvalue weighted by atomic mass is 16.5. The Morgan fingerprint density at radius 3 is 2.58 bits per heavy atom. The Hall–Kier alpha value is -3.01. The molecule has 0 saturated heterocycles. The number of allylic oxidation sites excluding steroid dienone is 2. The zero-order valence-corrected chi connectivity index (χ0v) is 18.5. The maximum atomic E-state index is 13.6. The molecule has 31 heavy (non-hydrogen) atoms. The van der Waals surface area contributed by atoms with Gasteiger partial charge < -0.3 is 14.4 Å². The molecular weight excluding hydrogens is 386 g/mol. The molecule has 0 spiro atoms. The van der Waals surface area contributed by atoms with Gasteiger partial charge in [0.2, 0.25) is 0 Å². The van der Waals surface area contributed by atoms with Crippen molar-refractivity contribution in [2.24, 2.45) is 0 Å². The highest BCUT2D eigenvalue weighted by Gasteiger charge is 2.43.